The Hall–Kier alpha value is -2.55. The maximum Gasteiger partial charge on any atom is 0.387 e. The third-order valence-electron chi connectivity index (χ3n) is 4.48. The molecule has 0 bridgehead atoms. The number of thiazole rings is 1. The van der Waals surface area contributed by atoms with Gasteiger partial charge in [0.05, 0.1) is 17.2 Å². The van der Waals surface area contributed by atoms with E-state index in [9.17, 15) is 18.4 Å². The molecule has 6 nitrogen and oxygen atoms in total. The molecule has 1 fully saturated rings. The third kappa shape index (κ3) is 5.03. The highest BCUT2D eigenvalue weighted by Gasteiger charge is 2.35. The third-order valence-corrected chi connectivity index (χ3v) is 5.52. The zero-order chi connectivity index (χ0) is 20.1. The Kier molecular flexibility index (Phi) is 6.56. The minimum atomic E-state index is -2.88. The monoisotopic (exact) mass is 409 g/mol. The molecule has 0 radical (unpaired) electrons. The fourth-order valence-electron chi connectivity index (χ4n) is 3.07. The van der Waals surface area contributed by atoms with E-state index in [0.29, 0.717) is 19.4 Å². The predicted molar refractivity (Wildman–Crippen MR) is 100.0 cm³/mol. The van der Waals surface area contributed by atoms with E-state index in [0.717, 1.165) is 22.7 Å². The number of halogens is 2. The highest BCUT2D eigenvalue weighted by atomic mass is 32.1. The zero-order valence-electron chi connectivity index (χ0n) is 15.4. The molecule has 1 atom stereocenters. The number of nitrogens with one attached hydrogen (secondary N) is 1. The standard InChI is InChI=1S/C19H21F2N3O3S/c1-2-16-23-13(11-28-16)9-22-18(26)15-7-8-17(25)24(15)10-12-3-5-14(6-4-12)27-19(20)21/h3-6,11,15,19H,2,7-10H2,1H3,(H,22,26). The first-order valence-electron chi connectivity index (χ1n) is 9.00. The molecule has 28 heavy (non-hydrogen) atoms. The van der Waals surface area contributed by atoms with Crippen LogP contribution in [0.25, 0.3) is 0 Å². The Morgan fingerprint density at radius 3 is 2.79 bits per heavy atom. The molecular weight excluding hydrogens is 388 g/mol. The van der Waals surface area contributed by atoms with E-state index in [-0.39, 0.29) is 24.1 Å². The molecular formula is C19H21F2N3O3S. The van der Waals surface area contributed by atoms with E-state index in [4.69, 9.17) is 0 Å². The Morgan fingerprint density at radius 2 is 2.14 bits per heavy atom. The molecule has 1 unspecified atom stereocenters. The van der Waals surface area contributed by atoms with Gasteiger partial charge in [0, 0.05) is 18.3 Å². The highest BCUT2D eigenvalue weighted by molar-refractivity contribution is 7.09. The molecule has 3 rings (SSSR count). The van der Waals surface area contributed by atoms with Crippen LogP contribution in [0, 0.1) is 0 Å². The fourth-order valence-corrected chi connectivity index (χ4v) is 3.81. The Labute approximate surface area is 165 Å². The van der Waals surface area contributed by atoms with Crippen LogP contribution in [-0.4, -0.2) is 34.4 Å². The summed E-state index contributed by atoms with van der Waals surface area (Å²) in [7, 11) is 0. The number of aryl methyl sites for hydroxylation is 1. The molecule has 2 amide bonds. The van der Waals surface area contributed by atoms with Crippen LogP contribution in [0.5, 0.6) is 5.75 Å². The number of benzene rings is 1. The van der Waals surface area contributed by atoms with E-state index < -0.39 is 12.7 Å². The van der Waals surface area contributed by atoms with E-state index in [1.165, 1.54) is 17.0 Å². The first-order valence-corrected chi connectivity index (χ1v) is 9.88. The van der Waals surface area contributed by atoms with Crippen LogP contribution in [-0.2, 0) is 29.1 Å². The van der Waals surface area contributed by atoms with Crippen LogP contribution in [0.15, 0.2) is 29.6 Å². The Bertz CT molecular complexity index is 826. The zero-order valence-corrected chi connectivity index (χ0v) is 16.2. The molecule has 1 N–H and O–H groups in total. The maximum atomic E-state index is 12.6. The summed E-state index contributed by atoms with van der Waals surface area (Å²) in [6.45, 7) is -0.295. The van der Waals surface area contributed by atoms with Crippen molar-refractivity contribution in [1.29, 1.82) is 0 Å². The molecule has 1 aromatic carbocycles. The summed E-state index contributed by atoms with van der Waals surface area (Å²) >= 11 is 1.56. The predicted octanol–water partition coefficient (Wildman–Crippen LogP) is 3.11. The summed E-state index contributed by atoms with van der Waals surface area (Å²) in [6.07, 6.45) is 1.61. The van der Waals surface area contributed by atoms with E-state index in [2.05, 4.69) is 15.0 Å². The van der Waals surface area contributed by atoms with Crippen LogP contribution >= 0.6 is 11.3 Å². The summed E-state index contributed by atoms with van der Waals surface area (Å²) in [5.74, 6) is -0.264. The smallest absolute Gasteiger partial charge is 0.387 e. The molecule has 2 heterocycles. The minimum Gasteiger partial charge on any atom is -0.435 e. The van der Waals surface area contributed by atoms with Crippen LogP contribution in [0.1, 0.15) is 36.0 Å². The second kappa shape index (κ2) is 9.09. The molecule has 2 aromatic rings. The first-order chi connectivity index (χ1) is 13.5. The molecule has 0 saturated carbocycles. The highest BCUT2D eigenvalue weighted by Crippen LogP contribution is 2.23. The van der Waals surface area contributed by atoms with Gasteiger partial charge in [0.15, 0.2) is 0 Å². The summed E-state index contributed by atoms with van der Waals surface area (Å²) < 4.78 is 28.8. The number of amides is 2. The number of hydrogen-bond donors (Lipinski definition) is 1. The van der Waals surface area contributed by atoms with Crippen molar-refractivity contribution in [1.82, 2.24) is 15.2 Å². The van der Waals surface area contributed by atoms with Gasteiger partial charge in [-0.1, -0.05) is 19.1 Å². The molecule has 150 valence electrons. The van der Waals surface area contributed by atoms with Crippen molar-refractivity contribution in [2.24, 2.45) is 0 Å². The van der Waals surface area contributed by atoms with Crippen LogP contribution < -0.4 is 10.1 Å². The second-order valence-electron chi connectivity index (χ2n) is 6.40. The lowest BCUT2D eigenvalue weighted by Crippen LogP contribution is -2.44. The number of carbonyl (C=O) groups is 2. The molecule has 0 aliphatic carbocycles. The average molecular weight is 409 g/mol. The van der Waals surface area contributed by atoms with Gasteiger partial charge >= 0.3 is 6.61 Å². The van der Waals surface area contributed by atoms with Crippen LogP contribution in [0.3, 0.4) is 0 Å². The topological polar surface area (TPSA) is 71.5 Å². The van der Waals surface area contributed by atoms with Gasteiger partial charge in [0.25, 0.3) is 0 Å². The molecule has 1 aliphatic heterocycles. The lowest BCUT2D eigenvalue weighted by molar-refractivity contribution is -0.135. The molecule has 1 aliphatic rings. The van der Waals surface area contributed by atoms with Gasteiger partial charge < -0.3 is 15.0 Å². The maximum absolute atomic E-state index is 12.6. The summed E-state index contributed by atoms with van der Waals surface area (Å²) in [5, 5.41) is 5.78. The van der Waals surface area contributed by atoms with Crippen molar-refractivity contribution in [3.63, 3.8) is 0 Å². The molecule has 9 heteroatoms. The van der Waals surface area contributed by atoms with Gasteiger partial charge in [0.2, 0.25) is 11.8 Å². The number of likely N-dealkylation sites (tertiary alicyclic amines) is 1. The lowest BCUT2D eigenvalue weighted by Gasteiger charge is -2.24. The average Bonchev–Trinajstić information content (AvgIpc) is 3.28. The van der Waals surface area contributed by atoms with Crippen molar-refractivity contribution in [2.45, 2.75) is 51.9 Å². The first kappa shape index (κ1) is 20.2. The molecule has 1 saturated heterocycles. The fraction of sp³-hybridized carbons (Fsp3) is 0.421. The van der Waals surface area contributed by atoms with Crippen molar-refractivity contribution in [2.75, 3.05) is 0 Å². The van der Waals surface area contributed by atoms with Gasteiger partial charge in [0.1, 0.15) is 11.8 Å². The van der Waals surface area contributed by atoms with Crippen molar-refractivity contribution in [3.8, 4) is 5.75 Å². The normalized spacial score (nSPS) is 16.6. The van der Waals surface area contributed by atoms with Crippen molar-refractivity contribution in [3.05, 3.63) is 45.9 Å². The van der Waals surface area contributed by atoms with E-state index >= 15 is 0 Å². The van der Waals surface area contributed by atoms with Crippen molar-refractivity contribution >= 4 is 23.2 Å². The number of ether oxygens (including phenoxy) is 1. The van der Waals surface area contributed by atoms with Crippen LogP contribution in [0.4, 0.5) is 8.78 Å². The SMILES string of the molecule is CCc1nc(CNC(=O)C2CCC(=O)N2Cc2ccc(OC(F)F)cc2)cs1. The Morgan fingerprint density at radius 1 is 1.39 bits per heavy atom. The van der Waals surface area contributed by atoms with E-state index in [1.54, 1.807) is 23.5 Å². The number of carbonyl (C=O) groups excluding carboxylic acids is 2. The van der Waals surface area contributed by atoms with Crippen LogP contribution in [0.2, 0.25) is 0 Å². The molecule has 1 aromatic heterocycles. The van der Waals surface area contributed by atoms with Gasteiger partial charge in [-0.3, -0.25) is 9.59 Å². The quantitative estimate of drug-likeness (QED) is 0.727. The second-order valence-corrected chi connectivity index (χ2v) is 7.35. The number of rotatable bonds is 8. The number of nitrogens with zero attached hydrogens (tertiary/aromatic N) is 2. The summed E-state index contributed by atoms with van der Waals surface area (Å²) in [5.41, 5.74) is 1.54. The van der Waals surface area contributed by atoms with Crippen molar-refractivity contribution < 1.29 is 23.1 Å². The molecule has 0 spiro atoms. The summed E-state index contributed by atoms with van der Waals surface area (Å²) in [4.78, 5) is 30.8. The van der Waals surface area contributed by atoms with E-state index in [1.807, 2.05) is 12.3 Å². The minimum absolute atomic E-state index is 0.0514. The Balaban J connectivity index is 1.59. The largest absolute Gasteiger partial charge is 0.435 e. The lowest BCUT2D eigenvalue weighted by atomic mass is 10.1. The number of aromatic nitrogens is 1. The van der Waals surface area contributed by atoms with Gasteiger partial charge in [-0.05, 0) is 30.5 Å². The number of alkyl halides is 2. The van der Waals surface area contributed by atoms with Gasteiger partial charge in [-0.25, -0.2) is 4.98 Å². The van der Waals surface area contributed by atoms with Gasteiger partial charge in [-0.2, -0.15) is 8.78 Å². The van der Waals surface area contributed by atoms with Gasteiger partial charge in [-0.15, -0.1) is 11.3 Å². The number of hydrogen-bond acceptors (Lipinski definition) is 5. The summed E-state index contributed by atoms with van der Waals surface area (Å²) in [6, 6.07) is 5.52.